The van der Waals surface area contributed by atoms with Crippen molar-refractivity contribution in [2.45, 2.75) is 39.3 Å². The van der Waals surface area contributed by atoms with Crippen molar-refractivity contribution in [2.24, 2.45) is 0 Å². The molecule has 0 aliphatic carbocycles. The van der Waals surface area contributed by atoms with Crippen LogP contribution in [0.3, 0.4) is 0 Å². The van der Waals surface area contributed by atoms with E-state index in [-0.39, 0.29) is 17.1 Å². The first-order chi connectivity index (χ1) is 8.24. The third kappa shape index (κ3) is 3.54. The molecule has 0 bridgehead atoms. The Hall–Kier alpha value is -1.92. The van der Waals surface area contributed by atoms with E-state index in [2.05, 4.69) is 20.4 Å². The Kier molecular flexibility index (Phi) is 4.05. The van der Waals surface area contributed by atoms with Gasteiger partial charge in [0.1, 0.15) is 6.04 Å². The van der Waals surface area contributed by atoms with Crippen LogP contribution in [-0.4, -0.2) is 39.5 Å². The SMILES string of the molecule is COC(=O)c1cn(C(C)C(=O)NC(C)(C)C)nn1. The molecular formula is C11H18N4O3. The molecule has 7 heteroatoms. The Morgan fingerprint density at radius 1 is 1.44 bits per heavy atom. The smallest absolute Gasteiger partial charge is 0.360 e. The van der Waals surface area contributed by atoms with Crippen LogP contribution in [0.1, 0.15) is 44.2 Å². The maximum absolute atomic E-state index is 11.9. The zero-order valence-electron chi connectivity index (χ0n) is 11.2. The van der Waals surface area contributed by atoms with E-state index < -0.39 is 12.0 Å². The van der Waals surface area contributed by atoms with Crippen LogP contribution in [0.25, 0.3) is 0 Å². The minimum Gasteiger partial charge on any atom is -0.464 e. The van der Waals surface area contributed by atoms with Crippen LogP contribution in [-0.2, 0) is 9.53 Å². The van der Waals surface area contributed by atoms with Gasteiger partial charge in [0.15, 0.2) is 5.69 Å². The molecule has 1 atom stereocenters. The monoisotopic (exact) mass is 254 g/mol. The van der Waals surface area contributed by atoms with Gasteiger partial charge in [-0.1, -0.05) is 5.21 Å². The summed E-state index contributed by atoms with van der Waals surface area (Å²) in [6.07, 6.45) is 1.39. The van der Waals surface area contributed by atoms with Gasteiger partial charge in [0.25, 0.3) is 0 Å². The average molecular weight is 254 g/mol. The quantitative estimate of drug-likeness (QED) is 0.796. The van der Waals surface area contributed by atoms with Gasteiger partial charge in [-0.2, -0.15) is 0 Å². The van der Waals surface area contributed by atoms with E-state index in [0.29, 0.717) is 0 Å². The molecule has 7 nitrogen and oxygen atoms in total. The first-order valence-electron chi connectivity index (χ1n) is 5.57. The predicted octanol–water partition coefficient (Wildman–Crippen LogP) is 0.540. The second-order valence-electron chi connectivity index (χ2n) is 4.99. The number of nitrogens with one attached hydrogen (secondary N) is 1. The molecule has 1 N–H and O–H groups in total. The summed E-state index contributed by atoms with van der Waals surface area (Å²) in [5, 5.41) is 10.2. The summed E-state index contributed by atoms with van der Waals surface area (Å²) in [5.41, 5.74) is -0.246. The summed E-state index contributed by atoms with van der Waals surface area (Å²) in [6, 6.07) is -0.546. The molecule has 0 saturated heterocycles. The Morgan fingerprint density at radius 2 is 2.06 bits per heavy atom. The number of esters is 1. The van der Waals surface area contributed by atoms with Crippen LogP contribution in [0, 0.1) is 0 Å². The zero-order valence-corrected chi connectivity index (χ0v) is 11.2. The largest absolute Gasteiger partial charge is 0.464 e. The van der Waals surface area contributed by atoms with Crippen LogP contribution >= 0.6 is 0 Å². The molecule has 18 heavy (non-hydrogen) atoms. The number of nitrogens with zero attached hydrogens (tertiary/aromatic N) is 3. The fourth-order valence-corrected chi connectivity index (χ4v) is 1.26. The number of amides is 1. The van der Waals surface area contributed by atoms with Crippen LogP contribution in [0.15, 0.2) is 6.20 Å². The summed E-state index contributed by atoms with van der Waals surface area (Å²) in [4.78, 5) is 23.1. The van der Waals surface area contributed by atoms with Gasteiger partial charge >= 0.3 is 5.97 Å². The molecule has 1 amide bonds. The van der Waals surface area contributed by atoms with Gasteiger partial charge in [-0.3, -0.25) is 4.79 Å². The maximum Gasteiger partial charge on any atom is 0.360 e. The Balaban J connectivity index is 2.78. The molecule has 1 rings (SSSR count). The number of carbonyl (C=O) groups excluding carboxylic acids is 2. The number of carbonyl (C=O) groups is 2. The van der Waals surface area contributed by atoms with Crippen molar-refractivity contribution < 1.29 is 14.3 Å². The molecule has 1 aromatic rings. The van der Waals surface area contributed by atoms with Crippen molar-refractivity contribution in [3.8, 4) is 0 Å². The zero-order chi connectivity index (χ0) is 13.9. The number of hydrogen-bond donors (Lipinski definition) is 1. The van der Waals surface area contributed by atoms with Crippen LogP contribution in [0.5, 0.6) is 0 Å². The Morgan fingerprint density at radius 3 is 2.56 bits per heavy atom. The van der Waals surface area contributed by atoms with Crippen LogP contribution < -0.4 is 5.32 Å². The lowest BCUT2D eigenvalue weighted by Gasteiger charge is -2.23. The van der Waals surface area contributed by atoms with Gasteiger partial charge in [-0.05, 0) is 27.7 Å². The van der Waals surface area contributed by atoms with E-state index in [0.717, 1.165) is 0 Å². The standard InChI is InChI=1S/C11H18N4O3/c1-7(9(16)12-11(2,3)4)15-6-8(13-14-15)10(17)18-5/h6-7H,1-5H3,(H,12,16). The molecular weight excluding hydrogens is 236 g/mol. The predicted molar refractivity (Wildman–Crippen MR) is 64.0 cm³/mol. The van der Waals surface area contributed by atoms with Crippen molar-refractivity contribution in [2.75, 3.05) is 7.11 Å². The summed E-state index contributed by atoms with van der Waals surface area (Å²) in [5.74, 6) is -0.770. The number of methoxy groups -OCH3 is 1. The fourth-order valence-electron chi connectivity index (χ4n) is 1.26. The molecule has 0 aliphatic rings. The van der Waals surface area contributed by atoms with Crippen molar-refractivity contribution in [1.29, 1.82) is 0 Å². The third-order valence-corrected chi connectivity index (χ3v) is 2.18. The molecule has 0 saturated carbocycles. The second kappa shape index (κ2) is 5.16. The number of ether oxygens (including phenoxy) is 1. The lowest BCUT2D eigenvalue weighted by Crippen LogP contribution is -2.43. The van der Waals surface area contributed by atoms with E-state index in [1.165, 1.54) is 18.0 Å². The van der Waals surface area contributed by atoms with E-state index >= 15 is 0 Å². The number of rotatable bonds is 3. The van der Waals surface area contributed by atoms with Gasteiger partial charge < -0.3 is 10.1 Å². The van der Waals surface area contributed by atoms with Gasteiger partial charge in [0.05, 0.1) is 13.3 Å². The Labute approximate surface area is 105 Å². The summed E-state index contributed by atoms with van der Waals surface area (Å²) in [7, 11) is 1.26. The van der Waals surface area contributed by atoms with Crippen LogP contribution in [0.2, 0.25) is 0 Å². The Bertz CT molecular complexity index is 447. The molecule has 0 spiro atoms. The minimum absolute atomic E-state index is 0.0768. The maximum atomic E-state index is 11.9. The van der Waals surface area contributed by atoms with Crippen molar-refractivity contribution >= 4 is 11.9 Å². The highest BCUT2D eigenvalue weighted by molar-refractivity contribution is 5.86. The molecule has 1 heterocycles. The minimum atomic E-state index is -0.579. The number of hydrogen-bond acceptors (Lipinski definition) is 5. The molecule has 0 radical (unpaired) electrons. The molecule has 100 valence electrons. The van der Waals surface area contributed by atoms with Gasteiger partial charge in [-0.15, -0.1) is 5.10 Å². The highest BCUT2D eigenvalue weighted by Gasteiger charge is 2.22. The summed E-state index contributed by atoms with van der Waals surface area (Å²) >= 11 is 0. The molecule has 1 aromatic heterocycles. The third-order valence-electron chi connectivity index (χ3n) is 2.18. The van der Waals surface area contributed by atoms with Crippen molar-refractivity contribution in [3.63, 3.8) is 0 Å². The number of aromatic nitrogens is 3. The van der Waals surface area contributed by atoms with E-state index in [1.807, 2.05) is 20.8 Å². The first-order valence-corrected chi connectivity index (χ1v) is 5.57. The second-order valence-corrected chi connectivity index (χ2v) is 4.99. The first kappa shape index (κ1) is 14.1. The molecule has 0 aromatic carbocycles. The lowest BCUT2D eigenvalue weighted by atomic mass is 10.1. The van der Waals surface area contributed by atoms with Crippen molar-refractivity contribution in [3.05, 3.63) is 11.9 Å². The van der Waals surface area contributed by atoms with E-state index in [4.69, 9.17) is 0 Å². The van der Waals surface area contributed by atoms with E-state index in [1.54, 1.807) is 6.92 Å². The van der Waals surface area contributed by atoms with Crippen molar-refractivity contribution in [1.82, 2.24) is 20.3 Å². The lowest BCUT2D eigenvalue weighted by molar-refractivity contribution is -0.125. The van der Waals surface area contributed by atoms with Gasteiger partial charge in [0, 0.05) is 5.54 Å². The van der Waals surface area contributed by atoms with Crippen LogP contribution in [0.4, 0.5) is 0 Å². The molecule has 1 unspecified atom stereocenters. The highest BCUT2D eigenvalue weighted by Crippen LogP contribution is 2.08. The topological polar surface area (TPSA) is 86.1 Å². The molecule has 0 aliphatic heterocycles. The highest BCUT2D eigenvalue weighted by atomic mass is 16.5. The van der Waals surface area contributed by atoms with Gasteiger partial charge in [0.2, 0.25) is 5.91 Å². The summed E-state index contributed by atoms with van der Waals surface area (Å²) < 4.78 is 5.84. The van der Waals surface area contributed by atoms with E-state index in [9.17, 15) is 9.59 Å². The normalized spacial score (nSPS) is 12.9. The van der Waals surface area contributed by atoms with Gasteiger partial charge in [-0.25, -0.2) is 9.48 Å². The fraction of sp³-hybridized carbons (Fsp3) is 0.636. The average Bonchev–Trinajstić information content (AvgIpc) is 2.73. The summed E-state index contributed by atoms with van der Waals surface area (Å²) in [6.45, 7) is 7.34. The molecule has 0 fully saturated rings.